The van der Waals surface area contributed by atoms with Crippen LogP contribution in [-0.4, -0.2) is 25.0 Å². The van der Waals surface area contributed by atoms with Gasteiger partial charge in [-0.25, -0.2) is 0 Å². The highest BCUT2D eigenvalue weighted by atomic mass is 16.2. The lowest BCUT2D eigenvalue weighted by Gasteiger charge is -2.29. The summed E-state index contributed by atoms with van der Waals surface area (Å²) >= 11 is 0. The number of likely N-dealkylation sites (N-methyl/N-ethyl adjacent to an activating group) is 1. The van der Waals surface area contributed by atoms with Crippen LogP contribution in [0, 0.1) is 5.92 Å². The lowest BCUT2D eigenvalue weighted by Crippen LogP contribution is -2.48. The molecule has 1 aliphatic rings. The molecule has 1 heterocycles. The molecule has 3 heteroatoms. The highest BCUT2D eigenvalue weighted by Crippen LogP contribution is 2.22. The van der Waals surface area contributed by atoms with E-state index < -0.39 is 0 Å². The Morgan fingerprint density at radius 3 is 2.72 bits per heavy atom. The molecular weight excluding hydrogens is 224 g/mol. The van der Waals surface area contributed by atoms with Crippen molar-refractivity contribution in [1.29, 1.82) is 0 Å². The predicted molar refractivity (Wildman–Crippen MR) is 76.6 cm³/mol. The summed E-state index contributed by atoms with van der Waals surface area (Å²) in [5.74, 6) is 0.939. The van der Waals surface area contributed by atoms with Crippen molar-refractivity contribution in [3.8, 4) is 0 Å². The summed E-state index contributed by atoms with van der Waals surface area (Å²) in [6, 6.07) is 0.0549. The van der Waals surface area contributed by atoms with Crippen molar-refractivity contribution in [2.45, 2.75) is 71.3 Å². The molecule has 1 saturated heterocycles. The Bertz CT molecular complexity index is 231. The number of hydrogen-bond acceptors (Lipinski definition) is 2. The van der Waals surface area contributed by atoms with Crippen LogP contribution in [0.3, 0.4) is 0 Å². The maximum Gasteiger partial charge on any atom is 0.237 e. The summed E-state index contributed by atoms with van der Waals surface area (Å²) in [6.07, 6.45) is 10.3. The monoisotopic (exact) mass is 254 g/mol. The van der Waals surface area contributed by atoms with Gasteiger partial charge < -0.3 is 10.6 Å². The van der Waals surface area contributed by atoms with Gasteiger partial charge in [-0.3, -0.25) is 4.79 Å². The molecule has 0 radical (unpaired) electrons. The van der Waals surface area contributed by atoms with Crippen LogP contribution in [0.25, 0.3) is 0 Å². The van der Waals surface area contributed by atoms with Gasteiger partial charge in [0.1, 0.15) is 0 Å². The Balaban J connectivity index is 2.16. The molecule has 0 saturated carbocycles. The number of nitrogens with one attached hydrogen (secondary N) is 2. The van der Waals surface area contributed by atoms with Crippen LogP contribution >= 0.6 is 0 Å². The number of amides is 1. The van der Waals surface area contributed by atoms with Gasteiger partial charge in [0, 0.05) is 6.54 Å². The van der Waals surface area contributed by atoms with E-state index in [-0.39, 0.29) is 11.9 Å². The maximum atomic E-state index is 11.8. The van der Waals surface area contributed by atoms with E-state index in [2.05, 4.69) is 17.6 Å². The zero-order valence-corrected chi connectivity index (χ0v) is 12.1. The first-order valence-corrected chi connectivity index (χ1v) is 7.79. The molecule has 106 valence electrons. The zero-order chi connectivity index (χ0) is 13.2. The average Bonchev–Trinajstić information content (AvgIpc) is 2.39. The van der Waals surface area contributed by atoms with E-state index in [0.29, 0.717) is 0 Å². The van der Waals surface area contributed by atoms with Crippen LogP contribution in [0.15, 0.2) is 0 Å². The number of piperidine rings is 1. The molecule has 2 atom stereocenters. The van der Waals surface area contributed by atoms with Gasteiger partial charge in [-0.05, 0) is 32.2 Å². The molecular formula is C15H30N2O. The molecule has 0 aromatic rings. The quantitative estimate of drug-likeness (QED) is 0.654. The minimum Gasteiger partial charge on any atom is -0.355 e. The maximum absolute atomic E-state index is 11.8. The third-order valence-corrected chi connectivity index (χ3v) is 3.90. The van der Waals surface area contributed by atoms with E-state index in [1.165, 1.54) is 44.9 Å². The summed E-state index contributed by atoms with van der Waals surface area (Å²) in [4.78, 5) is 11.8. The first-order valence-electron chi connectivity index (χ1n) is 7.79. The normalized spacial score (nSPS) is 23.9. The largest absolute Gasteiger partial charge is 0.355 e. The van der Waals surface area contributed by atoms with Crippen LogP contribution < -0.4 is 10.6 Å². The van der Waals surface area contributed by atoms with Crippen molar-refractivity contribution in [2.24, 2.45) is 5.92 Å². The van der Waals surface area contributed by atoms with Gasteiger partial charge in [0.05, 0.1) is 6.04 Å². The standard InChI is InChI=1S/C15H30N2O/c1-3-5-6-7-8-9-13-10-11-17-14(12-13)15(18)16-4-2/h13-14,17H,3-12H2,1-2H3,(H,16,18). The lowest BCUT2D eigenvalue weighted by atomic mass is 9.87. The van der Waals surface area contributed by atoms with E-state index in [9.17, 15) is 4.79 Å². The summed E-state index contributed by atoms with van der Waals surface area (Å²) in [5, 5.41) is 6.25. The van der Waals surface area contributed by atoms with Gasteiger partial charge in [0.15, 0.2) is 0 Å². The molecule has 18 heavy (non-hydrogen) atoms. The summed E-state index contributed by atoms with van der Waals surface area (Å²) in [5.41, 5.74) is 0. The van der Waals surface area contributed by atoms with Gasteiger partial charge in [-0.15, -0.1) is 0 Å². The van der Waals surface area contributed by atoms with Crippen molar-refractivity contribution in [3.63, 3.8) is 0 Å². The van der Waals surface area contributed by atoms with Crippen LogP contribution in [0.2, 0.25) is 0 Å². The highest BCUT2D eigenvalue weighted by Gasteiger charge is 2.25. The molecule has 1 aliphatic heterocycles. The Morgan fingerprint density at radius 1 is 1.22 bits per heavy atom. The molecule has 0 aromatic heterocycles. The van der Waals surface area contributed by atoms with Crippen LogP contribution in [0.1, 0.15) is 65.2 Å². The first-order chi connectivity index (χ1) is 8.77. The van der Waals surface area contributed by atoms with E-state index in [4.69, 9.17) is 0 Å². The van der Waals surface area contributed by atoms with Crippen molar-refractivity contribution in [3.05, 3.63) is 0 Å². The van der Waals surface area contributed by atoms with Crippen molar-refractivity contribution >= 4 is 5.91 Å². The van der Waals surface area contributed by atoms with Crippen LogP contribution in [-0.2, 0) is 4.79 Å². The third-order valence-electron chi connectivity index (χ3n) is 3.90. The second-order valence-corrected chi connectivity index (χ2v) is 5.49. The number of rotatable bonds is 8. The number of carbonyl (C=O) groups is 1. The Morgan fingerprint density at radius 2 is 2.00 bits per heavy atom. The molecule has 0 aromatic carbocycles. The number of unbranched alkanes of at least 4 members (excludes halogenated alkanes) is 4. The fraction of sp³-hybridized carbons (Fsp3) is 0.933. The van der Waals surface area contributed by atoms with Gasteiger partial charge in [0.2, 0.25) is 5.91 Å². The molecule has 0 aliphatic carbocycles. The summed E-state index contributed by atoms with van der Waals surface area (Å²) in [6.45, 7) is 5.97. The number of carbonyl (C=O) groups excluding carboxylic acids is 1. The SMILES string of the molecule is CCCCCCCC1CCNC(C(=O)NCC)C1. The molecule has 0 spiro atoms. The minimum absolute atomic E-state index is 0.0549. The van der Waals surface area contributed by atoms with Crippen molar-refractivity contribution in [1.82, 2.24) is 10.6 Å². The minimum atomic E-state index is 0.0549. The van der Waals surface area contributed by atoms with Crippen LogP contribution in [0.5, 0.6) is 0 Å². The fourth-order valence-corrected chi connectivity index (χ4v) is 2.79. The Kier molecular flexibility index (Phi) is 8.06. The molecule has 3 nitrogen and oxygen atoms in total. The van der Waals surface area contributed by atoms with E-state index >= 15 is 0 Å². The predicted octanol–water partition coefficient (Wildman–Crippen LogP) is 2.85. The Hall–Kier alpha value is -0.570. The Labute approximate surface area is 112 Å². The van der Waals surface area contributed by atoms with Gasteiger partial charge in [-0.2, -0.15) is 0 Å². The molecule has 1 fully saturated rings. The molecule has 2 N–H and O–H groups in total. The summed E-state index contributed by atoms with van der Waals surface area (Å²) in [7, 11) is 0. The van der Waals surface area contributed by atoms with Crippen molar-refractivity contribution in [2.75, 3.05) is 13.1 Å². The van der Waals surface area contributed by atoms with Crippen LogP contribution in [0.4, 0.5) is 0 Å². The van der Waals surface area contributed by atoms with Crippen molar-refractivity contribution < 1.29 is 4.79 Å². The van der Waals surface area contributed by atoms with E-state index in [1.807, 2.05) is 6.92 Å². The van der Waals surface area contributed by atoms with E-state index in [0.717, 1.165) is 25.4 Å². The first kappa shape index (κ1) is 15.5. The van der Waals surface area contributed by atoms with Gasteiger partial charge in [0.25, 0.3) is 0 Å². The van der Waals surface area contributed by atoms with Gasteiger partial charge in [-0.1, -0.05) is 45.4 Å². The third kappa shape index (κ3) is 5.85. The molecule has 2 unspecified atom stereocenters. The molecule has 1 rings (SSSR count). The van der Waals surface area contributed by atoms with E-state index in [1.54, 1.807) is 0 Å². The highest BCUT2D eigenvalue weighted by molar-refractivity contribution is 5.81. The topological polar surface area (TPSA) is 41.1 Å². The number of hydrogen-bond donors (Lipinski definition) is 2. The zero-order valence-electron chi connectivity index (χ0n) is 12.1. The fourth-order valence-electron chi connectivity index (χ4n) is 2.79. The molecule has 1 amide bonds. The molecule has 0 bridgehead atoms. The average molecular weight is 254 g/mol. The second-order valence-electron chi connectivity index (χ2n) is 5.49. The second kappa shape index (κ2) is 9.37. The lowest BCUT2D eigenvalue weighted by molar-refractivity contribution is -0.124. The summed E-state index contributed by atoms with van der Waals surface area (Å²) < 4.78 is 0. The van der Waals surface area contributed by atoms with Gasteiger partial charge >= 0.3 is 0 Å². The smallest absolute Gasteiger partial charge is 0.237 e.